The van der Waals surface area contributed by atoms with Gasteiger partial charge in [0.15, 0.2) is 0 Å². The SMILES string of the molecule is COc1ccc(O)c(CNC2COc3ccccc32)c1. The van der Waals surface area contributed by atoms with E-state index in [0.29, 0.717) is 13.2 Å². The quantitative estimate of drug-likeness (QED) is 0.897. The molecule has 0 amide bonds. The van der Waals surface area contributed by atoms with E-state index in [2.05, 4.69) is 11.4 Å². The molecule has 1 atom stereocenters. The fourth-order valence-corrected chi connectivity index (χ4v) is 2.40. The lowest BCUT2D eigenvalue weighted by Crippen LogP contribution is -2.22. The summed E-state index contributed by atoms with van der Waals surface area (Å²) in [4.78, 5) is 0. The monoisotopic (exact) mass is 271 g/mol. The van der Waals surface area contributed by atoms with Crippen LogP contribution in [0.4, 0.5) is 0 Å². The van der Waals surface area contributed by atoms with Crippen LogP contribution < -0.4 is 14.8 Å². The van der Waals surface area contributed by atoms with Gasteiger partial charge in [-0.1, -0.05) is 18.2 Å². The Labute approximate surface area is 118 Å². The average Bonchev–Trinajstić information content (AvgIpc) is 2.90. The first-order valence-electron chi connectivity index (χ1n) is 6.59. The molecule has 20 heavy (non-hydrogen) atoms. The highest BCUT2D eigenvalue weighted by molar-refractivity contribution is 5.41. The molecular weight excluding hydrogens is 254 g/mol. The molecule has 0 bridgehead atoms. The molecule has 0 fully saturated rings. The van der Waals surface area contributed by atoms with Crippen LogP contribution in [-0.2, 0) is 6.54 Å². The molecule has 1 aliphatic heterocycles. The zero-order valence-corrected chi connectivity index (χ0v) is 11.3. The van der Waals surface area contributed by atoms with Crippen molar-refractivity contribution in [3.05, 3.63) is 53.6 Å². The second-order valence-electron chi connectivity index (χ2n) is 4.78. The zero-order chi connectivity index (χ0) is 13.9. The molecule has 0 radical (unpaired) electrons. The van der Waals surface area contributed by atoms with E-state index in [1.807, 2.05) is 24.3 Å². The Bertz CT molecular complexity index is 612. The van der Waals surface area contributed by atoms with Gasteiger partial charge in [-0.3, -0.25) is 0 Å². The Morgan fingerprint density at radius 1 is 1.30 bits per heavy atom. The third kappa shape index (κ3) is 2.42. The first kappa shape index (κ1) is 12.8. The molecule has 3 rings (SSSR count). The largest absolute Gasteiger partial charge is 0.508 e. The maximum Gasteiger partial charge on any atom is 0.124 e. The molecule has 2 aromatic rings. The summed E-state index contributed by atoms with van der Waals surface area (Å²) in [6.45, 7) is 1.18. The van der Waals surface area contributed by atoms with Crippen LogP contribution in [-0.4, -0.2) is 18.8 Å². The number of phenolic OH excluding ortho intramolecular Hbond substituents is 1. The average molecular weight is 271 g/mol. The predicted octanol–water partition coefficient (Wildman–Crippen LogP) is 2.62. The minimum absolute atomic E-state index is 0.150. The third-order valence-electron chi connectivity index (χ3n) is 3.53. The van der Waals surface area contributed by atoms with E-state index in [9.17, 15) is 5.11 Å². The van der Waals surface area contributed by atoms with Gasteiger partial charge in [-0.15, -0.1) is 0 Å². The van der Waals surface area contributed by atoms with Crippen molar-refractivity contribution < 1.29 is 14.6 Å². The smallest absolute Gasteiger partial charge is 0.124 e. The van der Waals surface area contributed by atoms with E-state index >= 15 is 0 Å². The van der Waals surface area contributed by atoms with E-state index in [0.717, 1.165) is 22.6 Å². The highest BCUT2D eigenvalue weighted by atomic mass is 16.5. The molecule has 0 saturated carbocycles. The number of aromatic hydroxyl groups is 1. The standard InChI is InChI=1S/C16H17NO3/c1-19-12-6-7-15(18)11(8-12)9-17-14-10-20-16-5-3-2-4-13(14)16/h2-8,14,17-18H,9-10H2,1H3. The summed E-state index contributed by atoms with van der Waals surface area (Å²) in [6, 6.07) is 13.4. The van der Waals surface area contributed by atoms with Gasteiger partial charge in [-0.2, -0.15) is 0 Å². The van der Waals surface area contributed by atoms with E-state index in [4.69, 9.17) is 9.47 Å². The maximum absolute atomic E-state index is 9.87. The van der Waals surface area contributed by atoms with Gasteiger partial charge in [0.05, 0.1) is 13.2 Å². The predicted molar refractivity (Wildman–Crippen MR) is 76.2 cm³/mol. The lowest BCUT2D eigenvalue weighted by atomic mass is 10.1. The molecule has 2 aromatic carbocycles. The van der Waals surface area contributed by atoms with Crippen molar-refractivity contribution in [1.82, 2.24) is 5.32 Å². The molecule has 0 aromatic heterocycles. The number of nitrogens with one attached hydrogen (secondary N) is 1. The summed E-state index contributed by atoms with van der Waals surface area (Å²) in [6.07, 6.45) is 0. The van der Waals surface area contributed by atoms with E-state index in [1.165, 1.54) is 0 Å². The van der Waals surface area contributed by atoms with Crippen LogP contribution in [0.2, 0.25) is 0 Å². The van der Waals surface area contributed by atoms with Crippen LogP contribution in [0.1, 0.15) is 17.2 Å². The minimum Gasteiger partial charge on any atom is -0.508 e. The fraction of sp³-hybridized carbons (Fsp3) is 0.250. The topological polar surface area (TPSA) is 50.7 Å². The number of phenols is 1. The molecule has 104 valence electrons. The summed E-state index contributed by atoms with van der Waals surface area (Å²) in [5.41, 5.74) is 1.98. The van der Waals surface area contributed by atoms with Crippen LogP contribution in [0.15, 0.2) is 42.5 Å². The number of rotatable bonds is 4. The second kappa shape index (κ2) is 5.43. The van der Waals surface area contributed by atoms with E-state index in [1.54, 1.807) is 19.2 Å². The van der Waals surface area contributed by atoms with Gasteiger partial charge in [0.25, 0.3) is 0 Å². The first-order valence-corrected chi connectivity index (χ1v) is 6.59. The Morgan fingerprint density at radius 2 is 2.15 bits per heavy atom. The Morgan fingerprint density at radius 3 is 3.00 bits per heavy atom. The highest BCUT2D eigenvalue weighted by Crippen LogP contribution is 2.32. The van der Waals surface area contributed by atoms with Gasteiger partial charge >= 0.3 is 0 Å². The molecule has 2 N–H and O–H groups in total. The van der Waals surface area contributed by atoms with Crippen molar-refractivity contribution in [3.63, 3.8) is 0 Å². The summed E-state index contributed by atoms with van der Waals surface area (Å²) in [7, 11) is 1.62. The Hall–Kier alpha value is -2.20. The minimum atomic E-state index is 0.150. The van der Waals surface area contributed by atoms with Gasteiger partial charge in [0, 0.05) is 17.7 Å². The fourth-order valence-electron chi connectivity index (χ4n) is 2.40. The summed E-state index contributed by atoms with van der Waals surface area (Å²) >= 11 is 0. The van der Waals surface area contributed by atoms with Crippen molar-refractivity contribution in [1.29, 1.82) is 0 Å². The molecule has 0 spiro atoms. The van der Waals surface area contributed by atoms with Gasteiger partial charge in [-0.25, -0.2) is 0 Å². The summed E-state index contributed by atoms with van der Waals surface area (Å²) in [5, 5.41) is 13.3. The number of ether oxygens (including phenoxy) is 2. The second-order valence-corrected chi connectivity index (χ2v) is 4.78. The first-order chi connectivity index (χ1) is 9.78. The van der Waals surface area contributed by atoms with E-state index < -0.39 is 0 Å². The van der Waals surface area contributed by atoms with Gasteiger partial charge in [0.2, 0.25) is 0 Å². The van der Waals surface area contributed by atoms with Gasteiger partial charge < -0.3 is 19.9 Å². The van der Waals surface area contributed by atoms with Crippen molar-refractivity contribution in [2.45, 2.75) is 12.6 Å². The zero-order valence-electron chi connectivity index (χ0n) is 11.3. The molecule has 0 saturated heterocycles. The lowest BCUT2D eigenvalue weighted by Gasteiger charge is -2.13. The lowest BCUT2D eigenvalue weighted by molar-refractivity contribution is 0.309. The van der Waals surface area contributed by atoms with Crippen molar-refractivity contribution in [3.8, 4) is 17.2 Å². The molecule has 1 heterocycles. The maximum atomic E-state index is 9.87. The number of benzene rings is 2. The van der Waals surface area contributed by atoms with Gasteiger partial charge in [0.1, 0.15) is 23.9 Å². The molecule has 4 heteroatoms. The summed E-state index contributed by atoms with van der Waals surface area (Å²) < 4.78 is 10.8. The number of methoxy groups -OCH3 is 1. The Kier molecular flexibility index (Phi) is 3.48. The van der Waals surface area contributed by atoms with Crippen LogP contribution in [0.25, 0.3) is 0 Å². The Balaban J connectivity index is 1.72. The highest BCUT2D eigenvalue weighted by Gasteiger charge is 2.23. The number of fused-ring (bicyclic) bond motifs is 1. The summed E-state index contributed by atoms with van der Waals surface area (Å²) in [5.74, 6) is 1.94. The van der Waals surface area contributed by atoms with E-state index in [-0.39, 0.29) is 11.8 Å². The van der Waals surface area contributed by atoms with Crippen LogP contribution in [0.3, 0.4) is 0 Å². The number of para-hydroxylation sites is 1. The van der Waals surface area contributed by atoms with Crippen LogP contribution in [0, 0.1) is 0 Å². The van der Waals surface area contributed by atoms with Crippen LogP contribution in [0.5, 0.6) is 17.2 Å². The third-order valence-corrected chi connectivity index (χ3v) is 3.53. The normalized spacial score (nSPS) is 16.6. The molecular formula is C16H17NO3. The molecule has 1 aliphatic rings. The van der Waals surface area contributed by atoms with Crippen molar-refractivity contribution >= 4 is 0 Å². The van der Waals surface area contributed by atoms with Gasteiger partial charge in [-0.05, 0) is 24.3 Å². The van der Waals surface area contributed by atoms with Crippen LogP contribution >= 0.6 is 0 Å². The molecule has 0 aliphatic carbocycles. The van der Waals surface area contributed by atoms with Crippen molar-refractivity contribution in [2.75, 3.05) is 13.7 Å². The number of hydrogen-bond donors (Lipinski definition) is 2. The van der Waals surface area contributed by atoms with Crippen molar-refractivity contribution in [2.24, 2.45) is 0 Å². The molecule has 4 nitrogen and oxygen atoms in total. The number of hydrogen-bond acceptors (Lipinski definition) is 4. The molecule has 1 unspecified atom stereocenters.